The molecular weight excluding hydrogens is 392 g/mol. The first-order chi connectivity index (χ1) is 12.9. The van der Waals surface area contributed by atoms with E-state index in [1.54, 1.807) is 31.2 Å². The molecule has 0 aliphatic carbocycles. The van der Waals surface area contributed by atoms with Crippen molar-refractivity contribution in [2.24, 2.45) is 0 Å². The third-order valence-corrected chi connectivity index (χ3v) is 4.97. The van der Waals surface area contributed by atoms with Crippen molar-refractivity contribution < 1.29 is 19.2 Å². The number of carbonyl (C=O) groups excluding carboxylic acids is 2. The monoisotopic (exact) mass is 408 g/mol. The molecule has 9 heteroatoms. The highest BCUT2D eigenvalue weighted by Crippen LogP contribution is 2.32. The maximum absolute atomic E-state index is 12.8. The van der Waals surface area contributed by atoms with Crippen LogP contribution in [0.25, 0.3) is 0 Å². The summed E-state index contributed by atoms with van der Waals surface area (Å²) >= 11 is 7.16. The van der Waals surface area contributed by atoms with E-state index in [2.05, 4.69) is 5.32 Å². The SMILES string of the molecule is CCOC(=O)CS[C@H](C(=O)Nc1ccc([N+](=O)[O-])cc1Cl)c1ccccc1. The molecule has 7 nitrogen and oxygen atoms in total. The molecule has 0 spiro atoms. The van der Waals surface area contributed by atoms with Gasteiger partial charge in [0.05, 0.1) is 28.0 Å². The molecule has 0 fully saturated rings. The Balaban J connectivity index is 2.18. The van der Waals surface area contributed by atoms with Gasteiger partial charge in [-0.25, -0.2) is 0 Å². The number of non-ortho nitro benzene ring substituents is 1. The van der Waals surface area contributed by atoms with Gasteiger partial charge in [-0.15, -0.1) is 11.8 Å². The molecule has 2 aromatic rings. The molecule has 0 unspecified atom stereocenters. The van der Waals surface area contributed by atoms with Crippen LogP contribution in [0.1, 0.15) is 17.7 Å². The van der Waals surface area contributed by atoms with Gasteiger partial charge >= 0.3 is 5.97 Å². The highest BCUT2D eigenvalue weighted by Gasteiger charge is 2.24. The maximum Gasteiger partial charge on any atom is 0.315 e. The number of amides is 1. The molecule has 0 bridgehead atoms. The van der Waals surface area contributed by atoms with E-state index in [1.165, 1.54) is 18.2 Å². The second-order valence-electron chi connectivity index (χ2n) is 5.32. The number of halogens is 1. The lowest BCUT2D eigenvalue weighted by Gasteiger charge is -2.17. The Morgan fingerprint density at radius 2 is 1.96 bits per heavy atom. The van der Waals surface area contributed by atoms with Crippen molar-refractivity contribution in [3.63, 3.8) is 0 Å². The van der Waals surface area contributed by atoms with Crippen LogP contribution in [0.4, 0.5) is 11.4 Å². The predicted octanol–water partition coefficient (Wildman–Crippen LogP) is 4.22. The van der Waals surface area contributed by atoms with Crippen molar-refractivity contribution in [2.45, 2.75) is 12.2 Å². The Morgan fingerprint density at radius 3 is 2.56 bits per heavy atom. The number of rotatable bonds is 8. The number of thioether (sulfide) groups is 1. The number of benzene rings is 2. The average molecular weight is 409 g/mol. The molecule has 1 N–H and O–H groups in total. The smallest absolute Gasteiger partial charge is 0.315 e. The third kappa shape index (κ3) is 5.97. The Bertz CT molecular complexity index is 832. The van der Waals surface area contributed by atoms with Crippen LogP contribution in [0.3, 0.4) is 0 Å². The Morgan fingerprint density at radius 1 is 1.26 bits per heavy atom. The number of carbonyl (C=O) groups is 2. The van der Waals surface area contributed by atoms with Gasteiger partial charge in [0.1, 0.15) is 5.25 Å². The van der Waals surface area contributed by atoms with E-state index in [9.17, 15) is 19.7 Å². The maximum atomic E-state index is 12.8. The summed E-state index contributed by atoms with van der Waals surface area (Å²) in [6.07, 6.45) is 0. The summed E-state index contributed by atoms with van der Waals surface area (Å²) in [5, 5.41) is 12.8. The number of ether oxygens (including phenoxy) is 1. The average Bonchev–Trinajstić information content (AvgIpc) is 2.64. The van der Waals surface area contributed by atoms with E-state index in [1.807, 2.05) is 6.07 Å². The van der Waals surface area contributed by atoms with Crippen molar-refractivity contribution in [3.8, 4) is 0 Å². The minimum Gasteiger partial charge on any atom is -0.465 e. The number of nitro benzene ring substituents is 1. The molecule has 27 heavy (non-hydrogen) atoms. The predicted molar refractivity (Wildman–Crippen MR) is 105 cm³/mol. The molecule has 0 aliphatic rings. The first-order valence-corrected chi connectivity index (χ1v) is 9.42. The summed E-state index contributed by atoms with van der Waals surface area (Å²) in [6.45, 7) is 1.97. The molecule has 1 atom stereocenters. The zero-order valence-electron chi connectivity index (χ0n) is 14.4. The first-order valence-electron chi connectivity index (χ1n) is 7.99. The van der Waals surface area contributed by atoms with Crippen LogP contribution in [0.15, 0.2) is 48.5 Å². The van der Waals surface area contributed by atoms with Crippen LogP contribution in [0.2, 0.25) is 5.02 Å². The molecule has 142 valence electrons. The summed E-state index contributed by atoms with van der Waals surface area (Å²) in [6, 6.07) is 12.8. The summed E-state index contributed by atoms with van der Waals surface area (Å²) < 4.78 is 4.90. The van der Waals surface area contributed by atoms with Gasteiger partial charge in [0, 0.05) is 12.1 Å². The highest BCUT2D eigenvalue weighted by atomic mass is 35.5. The van der Waals surface area contributed by atoms with E-state index >= 15 is 0 Å². The summed E-state index contributed by atoms with van der Waals surface area (Å²) in [7, 11) is 0. The van der Waals surface area contributed by atoms with E-state index in [0.717, 1.165) is 11.8 Å². The zero-order valence-corrected chi connectivity index (χ0v) is 16.0. The lowest BCUT2D eigenvalue weighted by Crippen LogP contribution is -2.21. The number of esters is 1. The largest absolute Gasteiger partial charge is 0.465 e. The standard InChI is InChI=1S/C18H17ClN2O5S/c1-2-26-16(22)11-27-17(12-6-4-3-5-7-12)18(23)20-15-9-8-13(21(24)25)10-14(15)19/h3-10,17H,2,11H2,1H3,(H,20,23)/t17-/m0/s1. The highest BCUT2D eigenvalue weighted by molar-refractivity contribution is 8.00. The number of hydrogen-bond donors (Lipinski definition) is 1. The van der Waals surface area contributed by atoms with E-state index in [4.69, 9.17) is 16.3 Å². The number of hydrogen-bond acceptors (Lipinski definition) is 6. The van der Waals surface area contributed by atoms with Crippen LogP contribution in [-0.2, 0) is 14.3 Å². The second-order valence-corrected chi connectivity index (χ2v) is 6.82. The van der Waals surface area contributed by atoms with Gasteiger partial charge in [0.2, 0.25) is 5.91 Å². The van der Waals surface area contributed by atoms with Gasteiger partial charge in [0.15, 0.2) is 0 Å². The molecule has 0 heterocycles. The minimum atomic E-state index is -0.679. The van der Waals surface area contributed by atoms with Crippen molar-refractivity contribution in [3.05, 3.63) is 69.2 Å². The van der Waals surface area contributed by atoms with Gasteiger partial charge in [-0.2, -0.15) is 0 Å². The van der Waals surface area contributed by atoms with E-state index in [-0.39, 0.29) is 28.8 Å². The van der Waals surface area contributed by atoms with Crippen molar-refractivity contribution >= 4 is 46.6 Å². The molecule has 2 rings (SSSR count). The van der Waals surface area contributed by atoms with Crippen molar-refractivity contribution in [1.29, 1.82) is 0 Å². The van der Waals surface area contributed by atoms with Crippen molar-refractivity contribution in [2.75, 3.05) is 17.7 Å². The fourth-order valence-electron chi connectivity index (χ4n) is 2.22. The summed E-state index contributed by atoms with van der Waals surface area (Å²) in [5.41, 5.74) is 0.793. The van der Waals surface area contributed by atoms with Crippen LogP contribution >= 0.6 is 23.4 Å². The lowest BCUT2D eigenvalue weighted by molar-refractivity contribution is -0.384. The topological polar surface area (TPSA) is 98.5 Å². The van der Waals surface area contributed by atoms with E-state index in [0.29, 0.717) is 5.56 Å². The summed E-state index contributed by atoms with van der Waals surface area (Å²) in [4.78, 5) is 34.7. The summed E-state index contributed by atoms with van der Waals surface area (Å²) in [5.74, 6) is -0.801. The molecule has 0 radical (unpaired) electrons. The molecule has 2 aromatic carbocycles. The van der Waals surface area contributed by atoms with Crippen LogP contribution in [-0.4, -0.2) is 29.2 Å². The fourth-order valence-corrected chi connectivity index (χ4v) is 3.39. The number of nitrogens with one attached hydrogen (secondary N) is 1. The zero-order chi connectivity index (χ0) is 19.8. The van der Waals surface area contributed by atoms with Crippen molar-refractivity contribution in [1.82, 2.24) is 0 Å². The molecular formula is C18H17ClN2O5S. The lowest BCUT2D eigenvalue weighted by atomic mass is 10.1. The molecule has 0 saturated carbocycles. The van der Waals surface area contributed by atoms with Gasteiger partial charge < -0.3 is 10.1 Å². The fraction of sp³-hybridized carbons (Fsp3) is 0.222. The van der Waals surface area contributed by atoms with Gasteiger partial charge in [-0.05, 0) is 18.6 Å². The van der Waals surface area contributed by atoms with Crippen LogP contribution < -0.4 is 5.32 Å². The Kier molecular flexibility index (Phi) is 7.63. The number of nitro groups is 1. The normalized spacial score (nSPS) is 11.5. The van der Waals surface area contributed by atoms with E-state index < -0.39 is 22.0 Å². The first kappa shape index (κ1) is 20.7. The van der Waals surface area contributed by atoms with Gasteiger partial charge in [0.25, 0.3) is 5.69 Å². The minimum absolute atomic E-state index is 0.00874. The van der Waals surface area contributed by atoms with Gasteiger partial charge in [-0.1, -0.05) is 41.9 Å². The second kappa shape index (κ2) is 9.94. The van der Waals surface area contributed by atoms with Crippen LogP contribution in [0, 0.1) is 10.1 Å². The Hall–Kier alpha value is -2.58. The molecule has 0 saturated heterocycles. The van der Waals surface area contributed by atoms with Gasteiger partial charge in [-0.3, -0.25) is 19.7 Å². The molecule has 0 aliphatic heterocycles. The number of nitrogens with zero attached hydrogens (tertiary/aromatic N) is 1. The number of anilines is 1. The molecule has 1 amide bonds. The quantitative estimate of drug-likeness (QED) is 0.398. The van der Waals surface area contributed by atoms with Crippen LogP contribution in [0.5, 0.6) is 0 Å². The molecule has 0 aromatic heterocycles. The Labute approximate surface area is 165 Å². The third-order valence-electron chi connectivity index (χ3n) is 3.43.